The summed E-state index contributed by atoms with van der Waals surface area (Å²) in [5.74, 6) is 0.0705. The van der Waals surface area contributed by atoms with Crippen LogP contribution in [0, 0.1) is 5.82 Å². The number of pyridine rings is 1. The minimum Gasteiger partial charge on any atom is -0.494 e. The normalized spacial score (nSPS) is 10.8. The van der Waals surface area contributed by atoms with Crippen molar-refractivity contribution in [3.05, 3.63) is 83.9 Å². The van der Waals surface area contributed by atoms with Gasteiger partial charge in [0.15, 0.2) is 5.13 Å². The minimum absolute atomic E-state index is 0.226. The molecule has 1 amide bonds. The smallest absolute Gasteiger partial charge is 0.260 e. The lowest BCUT2D eigenvalue weighted by Gasteiger charge is -2.20. The fourth-order valence-electron chi connectivity index (χ4n) is 2.94. The number of carbonyl (C=O) groups is 1. The molecule has 0 atom stereocenters. The van der Waals surface area contributed by atoms with E-state index in [0.717, 1.165) is 5.56 Å². The highest BCUT2D eigenvalue weighted by Crippen LogP contribution is 2.32. The lowest BCUT2D eigenvalue weighted by atomic mass is 10.2. The summed E-state index contributed by atoms with van der Waals surface area (Å²) < 4.78 is 20.3. The Balaban J connectivity index is 1.72. The number of fused-ring (bicyclic) bond motifs is 1. The van der Waals surface area contributed by atoms with Gasteiger partial charge >= 0.3 is 0 Å². The Bertz CT molecular complexity index is 1130. The van der Waals surface area contributed by atoms with Gasteiger partial charge in [0.25, 0.3) is 5.91 Å². The Morgan fingerprint density at radius 3 is 2.66 bits per heavy atom. The standard InChI is InChI=1S/C22H18FN3O2S/c1-2-28-17-10-8-16(9-11-17)21(27)26(14-15-5-4-12-24-13-15)22-25-20-18(23)6-3-7-19(20)29-22/h3-13H,2,14H2,1H3. The van der Waals surface area contributed by atoms with Crippen molar-refractivity contribution in [3.8, 4) is 5.75 Å². The van der Waals surface area contributed by atoms with Crippen molar-refractivity contribution in [1.29, 1.82) is 0 Å². The van der Waals surface area contributed by atoms with E-state index in [9.17, 15) is 9.18 Å². The van der Waals surface area contributed by atoms with Crippen molar-refractivity contribution in [2.24, 2.45) is 0 Å². The molecule has 0 radical (unpaired) electrons. The van der Waals surface area contributed by atoms with E-state index in [4.69, 9.17) is 4.74 Å². The number of rotatable bonds is 6. The molecule has 2 aromatic heterocycles. The molecule has 0 N–H and O–H groups in total. The van der Waals surface area contributed by atoms with Crippen molar-refractivity contribution in [2.45, 2.75) is 13.5 Å². The zero-order chi connectivity index (χ0) is 20.2. The molecule has 0 unspecified atom stereocenters. The van der Waals surface area contributed by atoms with E-state index in [1.54, 1.807) is 53.7 Å². The third-order valence-corrected chi connectivity index (χ3v) is 5.35. The number of amides is 1. The van der Waals surface area contributed by atoms with E-state index in [2.05, 4.69) is 9.97 Å². The zero-order valence-corrected chi connectivity index (χ0v) is 16.5. The molecule has 0 fully saturated rings. The second kappa shape index (κ2) is 8.36. The van der Waals surface area contributed by atoms with Crippen LogP contribution in [-0.4, -0.2) is 22.5 Å². The van der Waals surface area contributed by atoms with Gasteiger partial charge in [-0.2, -0.15) is 0 Å². The van der Waals surface area contributed by atoms with E-state index in [1.807, 2.05) is 19.1 Å². The molecule has 146 valence electrons. The summed E-state index contributed by atoms with van der Waals surface area (Å²) in [7, 11) is 0. The number of aromatic nitrogens is 2. The molecular formula is C22H18FN3O2S. The molecule has 0 saturated carbocycles. The van der Waals surface area contributed by atoms with Gasteiger partial charge in [0.1, 0.15) is 17.1 Å². The second-order valence-corrected chi connectivity index (χ2v) is 7.30. The summed E-state index contributed by atoms with van der Waals surface area (Å²) in [6.45, 7) is 2.74. The quantitative estimate of drug-likeness (QED) is 0.447. The van der Waals surface area contributed by atoms with Gasteiger partial charge in [0.2, 0.25) is 0 Å². The van der Waals surface area contributed by atoms with Crippen LogP contribution in [0.4, 0.5) is 9.52 Å². The molecule has 0 spiro atoms. The summed E-state index contributed by atoms with van der Waals surface area (Å²) in [6, 6.07) is 15.5. The van der Waals surface area contributed by atoms with E-state index >= 15 is 0 Å². The predicted molar refractivity (Wildman–Crippen MR) is 112 cm³/mol. The second-order valence-electron chi connectivity index (χ2n) is 6.29. The molecule has 0 aliphatic heterocycles. The number of thiazole rings is 1. The highest BCUT2D eigenvalue weighted by molar-refractivity contribution is 7.22. The molecule has 5 nitrogen and oxygen atoms in total. The van der Waals surface area contributed by atoms with Gasteiger partial charge in [-0.05, 0) is 55.0 Å². The summed E-state index contributed by atoms with van der Waals surface area (Å²) in [5.41, 5.74) is 1.62. The third-order valence-electron chi connectivity index (χ3n) is 4.31. The number of carbonyl (C=O) groups excluding carboxylic acids is 1. The predicted octanol–water partition coefficient (Wildman–Crippen LogP) is 5.08. The Labute approximate surface area is 171 Å². The monoisotopic (exact) mass is 407 g/mol. The first-order valence-corrected chi connectivity index (χ1v) is 9.96. The van der Waals surface area contributed by atoms with Gasteiger partial charge in [0.05, 0.1) is 17.9 Å². The van der Waals surface area contributed by atoms with Crippen LogP contribution in [0.5, 0.6) is 5.75 Å². The van der Waals surface area contributed by atoms with Crippen LogP contribution >= 0.6 is 11.3 Å². The molecular weight excluding hydrogens is 389 g/mol. The molecule has 4 rings (SSSR count). The van der Waals surface area contributed by atoms with Crippen molar-refractivity contribution in [2.75, 3.05) is 11.5 Å². The Morgan fingerprint density at radius 2 is 1.97 bits per heavy atom. The molecule has 2 aromatic carbocycles. The van der Waals surface area contributed by atoms with Gasteiger partial charge in [-0.15, -0.1) is 0 Å². The average Bonchev–Trinajstić information content (AvgIpc) is 3.18. The minimum atomic E-state index is -0.403. The van der Waals surface area contributed by atoms with Gasteiger partial charge in [0, 0.05) is 18.0 Å². The molecule has 29 heavy (non-hydrogen) atoms. The van der Waals surface area contributed by atoms with E-state index in [0.29, 0.717) is 27.8 Å². The first kappa shape index (κ1) is 19.0. The third kappa shape index (κ3) is 4.09. The Kier molecular flexibility index (Phi) is 5.48. The van der Waals surface area contributed by atoms with Crippen molar-refractivity contribution < 1.29 is 13.9 Å². The molecule has 2 heterocycles. The molecule has 0 aliphatic rings. The number of benzene rings is 2. The maximum atomic E-state index is 14.1. The zero-order valence-electron chi connectivity index (χ0n) is 15.7. The molecule has 0 saturated heterocycles. The van der Waals surface area contributed by atoms with Crippen LogP contribution in [0.2, 0.25) is 0 Å². The largest absolute Gasteiger partial charge is 0.494 e. The topological polar surface area (TPSA) is 55.3 Å². The maximum Gasteiger partial charge on any atom is 0.260 e. The summed E-state index contributed by atoms with van der Waals surface area (Å²) in [5, 5.41) is 0.438. The van der Waals surface area contributed by atoms with E-state index in [-0.39, 0.29) is 18.0 Å². The van der Waals surface area contributed by atoms with Crippen molar-refractivity contribution in [3.63, 3.8) is 0 Å². The van der Waals surface area contributed by atoms with Crippen LogP contribution in [-0.2, 0) is 6.54 Å². The molecule has 0 aliphatic carbocycles. The Morgan fingerprint density at radius 1 is 1.14 bits per heavy atom. The number of hydrogen-bond acceptors (Lipinski definition) is 5. The highest BCUT2D eigenvalue weighted by Gasteiger charge is 2.22. The fourth-order valence-corrected chi connectivity index (χ4v) is 3.91. The molecule has 4 aromatic rings. The van der Waals surface area contributed by atoms with Gasteiger partial charge in [-0.25, -0.2) is 9.37 Å². The lowest BCUT2D eigenvalue weighted by Crippen LogP contribution is -2.30. The van der Waals surface area contributed by atoms with Crippen molar-refractivity contribution in [1.82, 2.24) is 9.97 Å². The van der Waals surface area contributed by atoms with Crippen LogP contribution in [0.3, 0.4) is 0 Å². The number of hydrogen-bond donors (Lipinski definition) is 0. The van der Waals surface area contributed by atoms with Crippen LogP contribution in [0.15, 0.2) is 67.0 Å². The maximum absolute atomic E-state index is 14.1. The number of para-hydroxylation sites is 1. The summed E-state index contributed by atoms with van der Waals surface area (Å²) in [4.78, 5) is 23.4. The van der Waals surface area contributed by atoms with Crippen LogP contribution in [0.1, 0.15) is 22.8 Å². The van der Waals surface area contributed by atoms with Gasteiger partial charge in [-0.1, -0.05) is 23.5 Å². The first-order chi connectivity index (χ1) is 14.2. The first-order valence-electron chi connectivity index (χ1n) is 9.14. The average molecular weight is 407 g/mol. The van der Waals surface area contributed by atoms with Crippen LogP contribution in [0.25, 0.3) is 10.2 Å². The summed E-state index contributed by atoms with van der Waals surface area (Å²) >= 11 is 1.28. The Hall–Kier alpha value is -3.32. The number of ether oxygens (including phenoxy) is 1. The highest BCUT2D eigenvalue weighted by atomic mass is 32.1. The summed E-state index contributed by atoms with van der Waals surface area (Å²) in [6.07, 6.45) is 3.38. The van der Waals surface area contributed by atoms with Crippen LogP contribution < -0.4 is 9.64 Å². The van der Waals surface area contributed by atoms with Crippen molar-refractivity contribution >= 4 is 32.6 Å². The van der Waals surface area contributed by atoms with E-state index < -0.39 is 5.82 Å². The molecule has 0 bridgehead atoms. The fraction of sp³-hybridized carbons (Fsp3) is 0.136. The lowest BCUT2D eigenvalue weighted by molar-refractivity contribution is 0.0985. The molecule has 7 heteroatoms. The van der Waals surface area contributed by atoms with E-state index in [1.165, 1.54) is 17.4 Å². The number of nitrogens with zero attached hydrogens (tertiary/aromatic N) is 3. The van der Waals surface area contributed by atoms with Gasteiger partial charge < -0.3 is 4.74 Å². The number of halogens is 1. The number of anilines is 1. The SMILES string of the molecule is CCOc1ccc(C(=O)N(Cc2cccnc2)c2nc3c(F)cccc3s2)cc1. The van der Waals surface area contributed by atoms with Gasteiger partial charge in [-0.3, -0.25) is 14.7 Å².